The van der Waals surface area contributed by atoms with E-state index in [9.17, 15) is 18.4 Å². The lowest BCUT2D eigenvalue weighted by molar-refractivity contribution is -0.133. The molecule has 0 aliphatic carbocycles. The monoisotopic (exact) mass is 299 g/mol. The van der Waals surface area contributed by atoms with Crippen LogP contribution in [-0.4, -0.2) is 22.8 Å². The van der Waals surface area contributed by atoms with Gasteiger partial charge < -0.3 is 11.1 Å². The number of imide groups is 1. The number of thiocarbonyl (C=S) groups is 1. The van der Waals surface area contributed by atoms with Crippen molar-refractivity contribution in [1.82, 2.24) is 5.32 Å². The normalized spacial score (nSPS) is 18.6. The minimum absolute atomic E-state index is 0.0591. The van der Waals surface area contributed by atoms with E-state index < -0.39 is 35.2 Å². The number of carbonyl (C=O) groups excluding carboxylic acids is 2. The number of halogens is 2. The van der Waals surface area contributed by atoms with Crippen molar-refractivity contribution in [1.29, 1.82) is 0 Å². The van der Waals surface area contributed by atoms with Crippen LogP contribution in [0.25, 0.3) is 0 Å². The van der Waals surface area contributed by atoms with E-state index in [0.29, 0.717) is 0 Å². The average molecular weight is 299 g/mol. The zero-order valence-electron chi connectivity index (χ0n) is 10.2. The number of nitrogens with one attached hydrogen (secondary N) is 2. The van der Waals surface area contributed by atoms with Crippen LogP contribution < -0.4 is 16.4 Å². The van der Waals surface area contributed by atoms with Gasteiger partial charge in [-0.2, -0.15) is 0 Å². The Bertz CT molecular complexity index is 583. The first-order valence-electron chi connectivity index (χ1n) is 5.77. The topological polar surface area (TPSA) is 84.2 Å². The van der Waals surface area contributed by atoms with Gasteiger partial charge in [-0.25, -0.2) is 8.78 Å². The molecule has 5 nitrogen and oxygen atoms in total. The van der Waals surface area contributed by atoms with Gasteiger partial charge in [-0.3, -0.25) is 14.9 Å². The number of piperidine rings is 1. The Labute approximate surface area is 118 Å². The maximum Gasteiger partial charge on any atom is 0.249 e. The van der Waals surface area contributed by atoms with Gasteiger partial charge in [0.15, 0.2) is 0 Å². The van der Waals surface area contributed by atoms with Gasteiger partial charge in [0, 0.05) is 12.0 Å². The van der Waals surface area contributed by atoms with Crippen LogP contribution in [0.4, 0.5) is 14.5 Å². The Morgan fingerprint density at radius 1 is 1.35 bits per heavy atom. The van der Waals surface area contributed by atoms with Gasteiger partial charge in [0.25, 0.3) is 0 Å². The van der Waals surface area contributed by atoms with E-state index in [2.05, 4.69) is 22.9 Å². The molecule has 1 atom stereocenters. The Balaban J connectivity index is 2.23. The summed E-state index contributed by atoms with van der Waals surface area (Å²) in [5.41, 5.74) is 4.91. The van der Waals surface area contributed by atoms with E-state index in [4.69, 9.17) is 5.73 Å². The molecule has 8 heteroatoms. The summed E-state index contributed by atoms with van der Waals surface area (Å²) in [5.74, 6) is -2.83. The predicted molar refractivity (Wildman–Crippen MR) is 72.0 cm³/mol. The first-order chi connectivity index (χ1) is 9.38. The second-order valence-corrected chi connectivity index (χ2v) is 4.77. The molecule has 0 radical (unpaired) electrons. The fourth-order valence-corrected chi connectivity index (χ4v) is 1.98. The zero-order valence-corrected chi connectivity index (χ0v) is 11.0. The lowest BCUT2D eigenvalue weighted by Gasteiger charge is -2.23. The Hall–Kier alpha value is -2.09. The van der Waals surface area contributed by atoms with Crippen LogP contribution in [0.1, 0.15) is 18.4 Å². The number of hydrogen-bond acceptors (Lipinski definition) is 4. The van der Waals surface area contributed by atoms with Crippen molar-refractivity contribution < 1.29 is 18.4 Å². The molecule has 1 aliphatic rings. The van der Waals surface area contributed by atoms with Crippen LogP contribution in [0.5, 0.6) is 0 Å². The first-order valence-corrected chi connectivity index (χ1v) is 6.18. The molecule has 1 heterocycles. The number of rotatable bonds is 3. The molecule has 0 saturated carbocycles. The fraction of sp³-hybridized carbons (Fsp3) is 0.250. The lowest BCUT2D eigenvalue weighted by atomic mass is 10.1. The molecule has 0 bridgehead atoms. The lowest BCUT2D eigenvalue weighted by Crippen LogP contribution is -2.47. The minimum atomic E-state index is -0.905. The summed E-state index contributed by atoms with van der Waals surface area (Å²) < 4.78 is 27.6. The third-order valence-electron chi connectivity index (χ3n) is 2.88. The van der Waals surface area contributed by atoms with Crippen LogP contribution in [0, 0.1) is 11.6 Å². The average Bonchev–Trinajstić information content (AvgIpc) is 2.35. The van der Waals surface area contributed by atoms with E-state index in [1.54, 1.807) is 0 Å². The first kappa shape index (κ1) is 14.3. The van der Waals surface area contributed by atoms with E-state index >= 15 is 0 Å². The smallest absolute Gasteiger partial charge is 0.249 e. The number of carbonyl (C=O) groups is 2. The van der Waals surface area contributed by atoms with Crippen molar-refractivity contribution in [2.75, 3.05) is 5.32 Å². The molecule has 2 amide bonds. The van der Waals surface area contributed by atoms with Crippen LogP contribution in [0.2, 0.25) is 0 Å². The van der Waals surface area contributed by atoms with Crippen molar-refractivity contribution in [2.45, 2.75) is 18.9 Å². The molecule has 1 unspecified atom stereocenters. The molecule has 20 heavy (non-hydrogen) atoms. The maximum atomic E-state index is 13.8. The molecule has 0 spiro atoms. The summed E-state index contributed by atoms with van der Waals surface area (Å²) in [5, 5.41) is 4.55. The molecular weight excluding hydrogens is 288 g/mol. The van der Waals surface area contributed by atoms with E-state index in [1.807, 2.05) is 0 Å². The quantitative estimate of drug-likeness (QED) is 0.568. The number of anilines is 1. The number of hydrogen-bond donors (Lipinski definition) is 3. The van der Waals surface area contributed by atoms with Gasteiger partial charge >= 0.3 is 0 Å². The van der Waals surface area contributed by atoms with Crippen molar-refractivity contribution in [3.63, 3.8) is 0 Å². The number of nitrogens with two attached hydrogens (primary N) is 1. The molecular formula is C12H11F2N3O2S. The number of amides is 2. The summed E-state index contributed by atoms with van der Waals surface area (Å²) in [7, 11) is 0. The Kier molecular flexibility index (Phi) is 3.93. The van der Waals surface area contributed by atoms with Crippen molar-refractivity contribution in [3.8, 4) is 0 Å². The third-order valence-corrected chi connectivity index (χ3v) is 3.12. The molecule has 1 aromatic rings. The summed E-state index contributed by atoms with van der Waals surface area (Å²) in [6, 6.07) is 1.10. The third kappa shape index (κ3) is 2.90. The summed E-state index contributed by atoms with van der Waals surface area (Å²) in [6.07, 6.45) is 0.276. The highest BCUT2D eigenvalue weighted by Crippen LogP contribution is 2.23. The van der Waals surface area contributed by atoms with E-state index in [1.165, 1.54) is 0 Å². The maximum absolute atomic E-state index is 13.8. The summed E-state index contributed by atoms with van der Waals surface area (Å²) in [4.78, 5) is 22.4. The zero-order chi connectivity index (χ0) is 14.9. The van der Waals surface area contributed by atoms with Gasteiger partial charge in [-0.05, 0) is 18.6 Å². The standard InChI is InChI=1S/C12H11F2N3O2S/c13-6-3-5(11(15)20)4-7(14)10(6)16-8-1-2-9(18)17-12(8)19/h3-4,8,16H,1-2H2,(H2,15,20)(H,17,18,19). The Morgan fingerprint density at radius 2 is 1.95 bits per heavy atom. The van der Waals surface area contributed by atoms with Crippen LogP contribution in [0.15, 0.2) is 12.1 Å². The van der Waals surface area contributed by atoms with Crippen molar-refractivity contribution >= 4 is 34.7 Å². The molecule has 1 saturated heterocycles. The summed E-state index contributed by atoms with van der Waals surface area (Å²) in [6.45, 7) is 0. The van der Waals surface area contributed by atoms with Gasteiger partial charge in [0.2, 0.25) is 11.8 Å². The molecule has 1 aromatic carbocycles. The van der Waals surface area contributed by atoms with Crippen LogP contribution in [0.3, 0.4) is 0 Å². The molecule has 4 N–H and O–H groups in total. The highest BCUT2D eigenvalue weighted by atomic mass is 32.1. The van der Waals surface area contributed by atoms with Gasteiger partial charge in [-0.15, -0.1) is 0 Å². The predicted octanol–water partition coefficient (Wildman–Crippen LogP) is 0.816. The summed E-state index contributed by atoms with van der Waals surface area (Å²) >= 11 is 4.64. The minimum Gasteiger partial charge on any atom is -0.389 e. The van der Waals surface area contributed by atoms with E-state index in [-0.39, 0.29) is 23.4 Å². The second-order valence-electron chi connectivity index (χ2n) is 4.33. The van der Waals surface area contributed by atoms with Gasteiger partial charge in [-0.1, -0.05) is 12.2 Å². The van der Waals surface area contributed by atoms with Crippen molar-refractivity contribution in [2.24, 2.45) is 5.73 Å². The largest absolute Gasteiger partial charge is 0.389 e. The van der Waals surface area contributed by atoms with Crippen molar-refractivity contribution in [3.05, 3.63) is 29.3 Å². The molecule has 1 aliphatic heterocycles. The van der Waals surface area contributed by atoms with E-state index in [0.717, 1.165) is 12.1 Å². The Morgan fingerprint density at radius 3 is 2.45 bits per heavy atom. The van der Waals surface area contributed by atoms with Gasteiger partial charge in [0.1, 0.15) is 28.4 Å². The molecule has 0 aromatic heterocycles. The fourth-order valence-electron chi connectivity index (χ4n) is 1.86. The van der Waals surface area contributed by atoms with Crippen LogP contribution >= 0.6 is 12.2 Å². The molecule has 106 valence electrons. The molecule has 2 rings (SSSR count). The highest BCUT2D eigenvalue weighted by molar-refractivity contribution is 7.80. The highest BCUT2D eigenvalue weighted by Gasteiger charge is 2.28. The van der Waals surface area contributed by atoms with Crippen LogP contribution in [-0.2, 0) is 9.59 Å². The molecule has 1 fully saturated rings. The number of benzene rings is 1. The second kappa shape index (κ2) is 5.49. The van der Waals surface area contributed by atoms with Gasteiger partial charge in [0.05, 0.1) is 0 Å². The SMILES string of the molecule is NC(=S)c1cc(F)c(NC2CCC(=O)NC2=O)c(F)c1.